The van der Waals surface area contributed by atoms with E-state index in [0.29, 0.717) is 11.4 Å². The van der Waals surface area contributed by atoms with Crippen molar-refractivity contribution in [3.05, 3.63) is 133 Å². The van der Waals surface area contributed by atoms with E-state index in [1.165, 1.54) is 32.3 Å². The maximum atomic E-state index is 6.31. The Balaban J connectivity index is 1.19. The third kappa shape index (κ3) is 3.28. The molecule has 0 fully saturated rings. The Labute approximate surface area is 251 Å². The highest BCUT2D eigenvalue weighted by molar-refractivity contribution is 6.33. The lowest BCUT2D eigenvalue weighted by atomic mass is 9.92. The highest BCUT2D eigenvalue weighted by Gasteiger charge is 2.19. The number of para-hydroxylation sites is 1. The summed E-state index contributed by atoms with van der Waals surface area (Å²) in [5, 5.41) is 8.25. The smallest absolute Gasteiger partial charge is 0.180 e. The number of hydrogen-bond donors (Lipinski definition) is 0. The average Bonchev–Trinajstić information content (AvgIpc) is 3.67. The SMILES string of the molecule is c1ccc(-c2nc(-c3cccc(-c4ccc5c(c4)c4cccc6oc7cccc5c7c64)c3)nc3c2oc2ccccc23)cc1. The van der Waals surface area contributed by atoms with Gasteiger partial charge < -0.3 is 8.83 Å². The number of benzene rings is 7. The van der Waals surface area contributed by atoms with Crippen molar-refractivity contribution in [2.24, 2.45) is 0 Å². The van der Waals surface area contributed by atoms with Crippen LogP contribution in [0.4, 0.5) is 0 Å². The standard InChI is InChI=1S/C40H22N2O2/c1-2-9-23(10-3-1)37-39-38(30-13-4-5-16-32(30)44-39)42-40(41-37)26-12-6-11-24(21-26)25-19-20-27-28-14-7-17-33-35(28)36-29(31(27)22-25)15-8-18-34(36)43-33/h1-22H. The minimum atomic E-state index is 0.669. The molecule has 204 valence electrons. The molecule has 3 heterocycles. The van der Waals surface area contributed by atoms with E-state index in [2.05, 4.69) is 97.1 Å². The van der Waals surface area contributed by atoms with Crippen LogP contribution in [0.1, 0.15) is 0 Å². The van der Waals surface area contributed by atoms with Crippen LogP contribution in [0.25, 0.3) is 99.3 Å². The average molecular weight is 563 g/mol. The van der Waals surface area contributed by atoms with Gasteiger partial charge in [-0.2, -0.15) is 0 Å². The topological polar surface area (TPSA) is 52.1 Å². The molecule has 4 nitrogen and oxygen atoms in total. The van der Waals surface area contributed by atoms with E-state index in [1.807, 2.05) is 36.4 Å². The fourth-order valence-electron chi connectivity index (χ4n) is 6.85. The minimum Gasteiger partial charge on any atom is -0.456 e. The second-order valence-corrected chi connectivity index (χ2v) is 11.3. The highest BCUT2D eigenvalue weighted by atomic mass is 16.3. The lowest BCUT2D eigenvalue weighted by Crippen LogP contribution is -1.94. The molecule has 0 amide bonds. The van der Waals surface area contributed by atoms with Gasteiger partial charge in [-0.15, -0.1) is 0 Å². The molecular formula is C40H22N2O2. The third-order valence-electron chi connectivity index (χ3n) is 8.84. The molecule has 0 saturated carbocycles. The van der Waals surface area contributed by atoms with Crippen LogP contribution in [0.3, 0.4) is 0 Å². The van der Waals surface area contributed by atoms with E-state index in [-0.39, 0.29) is 0 Å². The molecule has 10 aromatic rings. The van der Waals surface area contributed by atoms with Crippen LogP contribution in [0, 0.1) is 0 Å². The lowest BCUT2D eigenvalue weighted by Gasteiger charge is -2.11. The van der Waals surface area contributed by atoms with Crippen LogP contribution in [-0.4, -0.2) is 9.97 Å². The molecule has 0 bridgehead atoms. The van der Waals surface area contributed by atoms with Gasteiger partial charge in [-0.05, 0) is 69.1 Å². The van der Waals surface area contributed by atoms with E-state index in [9.17, 15) is 0 Å². The molecule has 0 aliphatic rings. The van der Waals surface area contributed by atoms with Gasteiger partial charge >= 0.3 is 0 Å². The van der Waals surface area contributed by atoms with Crippen LogP contribution < -0.4 is 0 Å². The van der Waals surface area contributed by atoms with Gasteiger partial charge in [0.15, 0.2) is 11.4 Å². The molecule has 10 rings (SSSR count). The molecule has 3 aromatic heterocycles. The number of furan rings is 2. The second-order valence-electron chi connectivity index (χ2n) is 11.3. The van der Waals surface area contributed by atoms with Crippen molar-refractivity contribution in [2.45, 2.75) is 0 Å². The van der Waals surface area contributed by atoms with E-state index < -0.39 is 0 Å². The fourth-order valence-corrected chi connectivity index (χ4v) is 6.85. The number of fused-ring (bicyclic) bond motifs is 6. The summed E-state index contributed by atoms with van der Waals surface area (Å²) >= 11 is 0. The van der Waals surface area contributed by atoms with Gasteiger partial charge in [-0.25, -0.2) is 9.97 Å². The van der Waals surface area contributed by atoms with Crippen LogP contribution in [0.15, 0.2) is 142 Å². The summed E-state index contributed by atoms with van der Waals surface area (Å²) in [5.41, 5.74) is 9.18. The molecule has 0 unspecified atom stereocenters. The molecule has 0 saturated heterocycles. The molecule has 0 atom stereocenters. The summed E-state index contributed by atoms with van der Waals surface area (Å²) in [4.78, 5) is 10.2. The molecule has 0 aliphatic heterocycles. The first-order chi connectivity index (χ1) is 21.8. The van der Waals surface area contributed by atoms with Crippen LogP contribution in [0.2, 0.25) is 0 Å². The summed E-state index contributed by atoms with van der Waals surface area (Å²) in [6.07, 6.45) is 0. The van der Waals surface area contributed by atoms with Crippen molar-refractivity contribution in [3.8, 4) is 33.8 Å². The van der Waals surface area contributed by atoms with E-state index in [4.69, 9.17) is 18.8 Å². The fraction of sp³-hybridized carbons (Fsp3) is 0. The van der Waals surface area contributed by atoms with Gasteiger partial charge in [0.05, 0.1) is 0 Å². The molecular weight excluding hydrogens is 540 g/mol. The third-order valence-corrected chi connectivity index (χ3v) is 8.84. The van der Waals surface area contributed by atoms with Crippen LogP contribution >= 0.6 is 0 Å². The number of rotatable bonds is 3. The minimum absolute atomic E-state index is 0.669. The summed E-state index contributed by atoms with van der Waals surface area (Å²) in [7, 11) is 0. The Morgan fingerprint density at radius 3 is 1.86 bits per heavy atom. The van der Waals surface area contributed by atoms with E-state index >= 15 is 0 Å². The normalized spacial score (nSPS) is 12.1. The first-order valence-corrected chi connectivity index (χ1v) is 14.7. The van der Waals surface area contributed by atoms with Crippen LogP contribution in [0.5, 0.6) is 0 Å². The Morgan fingerprint density at radius 2 is 1.02 bits per heavy atom. The maximum absolute atomic E-state index is 6.31. The predicted octanol–water partition coefficient (Wildman–Crippen LogP) is 11.0. The monoisotopic (exact) mass is 562 g/mol. The molecule has 0 radical (unpaired) electrons. The van der Waals surface area contributed by atoms with Crippen molar-refractivity contribution in [1.29, 1.82) is 0 Å². The molecule has 0 spiro atoms. The van der Waals surface area contributed by atoms with Crippen molar-refractivity contribution < 1.29 is 8.83 Å². The molecule has 0 N–H and O–H groups in total. The molecule has 0 aliphatic carbocycles. The Bertz CT molecular complexity index is 2720. The van der Waals surface area contributed by atoms with E-state index in [0.717, 1.165) is 55.6 Å². The maximum Gasteiger partial charge on any atom is 0.180 e. The largest absolute Gasteiger partial charge is 0.456 e. The van der Waals surface area contributed by atoms with Gasteiger partial charge in [-0.3, -0.25) is 0 Å². The van der Waals surface area contributed by atoms with Gasteiger partial charge in [0, 0.05) is 27.3 Å². The second kappa shape index (κ2) is 8.76. The number of aromatic nitrogens is 2. The summed E-state index contributed by atoms with van der Waals surface area (Å²) < 4.78 is 12.5. The number of hydrogen-bond acceptors (Lipinski definition) is 4. The molecule has 44 heavy (non-hydrogen) atoms. The van der Waals surface area contributed by atoms with Crippen molar-refractivity contribution in [1.82, 2.24) is 9.97 Å². The molecule has 4 heteroatoms. The first-order valence-electron chi connectivity index (χ1n) is 14.7. The van der Waals surface area contributed by atoms with Crippen molar-refractivity contribution in [2.75, 3.05) is 0 Å². The van der Waals surface area contributed by atoms with Gasteiger partial charge in [0.2, 0.25) is 0 Å². The lowest BCUT2D eigenvalue weighted by molar-refractivity contribution is 0.667. The van der Waals surface area contributed by atoms with Crippen molar-refractivity contribution >= 4 is 65.6 Å². The zero-order chi connectivity index (χ0) is 28.8. The summed E-state index contributed by atoms with van der Waals surface area (Å²) in [6, 6.07) is 46.2. The van der Waals surface area contributed by atoms with Gasteiger partial charge in [-0.1, -0.05) is 97.1 Å². The quantitative estimate of drug-likeness (QED) is 0.201. The predicted molar refractivity (Wildman–Crippen MR) is 179 cm³/mol. The van der Waals surface area contributed by atoms with E-state index in [1.54, 1.807) is 0 Å². The highest BCUT2D eigenvalue weighted by Crippen LogP contribution is 2.43. The number of nitrogens with zero attached hydrogens (tertiary/aromatic N) is 2. The molecule has 7 aromatic carbocycles. The van der Waals surface area contributed by atoms with Gasteiger partial charge in [0.1, 0.15) is 28.0 Å². The summed E-state index contributed by atoms with van der Waals surface area (Å²) in [6.45, 7) is 0. The van der Waals surface area contributed by atoms with Gasteiger partial charge in [0.25, 0.3) is 0 Å². The zero-order valence-corrected chi connectivity index (χ0v) is 23.4. The first kappa shape index (κ1) is 23.6. The summed E-state index contributed by atoms with van der Waals surface area (Å²) in [5.74, 6) is 0.669. The van der Waals surface area contributed by atoms with Crippen LogP contribution in [-0.2, 0) is 0 Å². The Hall–Kier alpha value is -6.00. The van der Waals surface area contributed by atoms with Crippen molar-refractivity contribution in [3.63, 3.8) is 0 Å². The Morgan fingerprint density at radius 1 is 0.386 bits per heavy atom. The zero-order valence-electron chi connectivity index (χ0n) is 23.4. The Kier molecular flexibility index (Phi) is 4.69.